The largest absolute Gasteiger partial charge is 0.320 e. The zero-order valence-corrected chi connectivity index (χ0v) is 15.3. The zero-order chi connectivity index (χ0) is 17.4. The van der Waals surface area contributed by atoms with Crippen molar-refractivity contribution in [3.63, 3.8) is 0 Å². The van der Waals surface area contributed by atoms with Crippen LogP contribution in [0.2, 0.25) is 5.02 Å². The topological polar surface area (TPSA) is 57.3 Å². The van der Waals surface area contributed by atoms with Gasteiger partial charge in [0.25, 0.3) is 5.91 Å². The van der Waals surface area contributed by atoms with E-state index >= 15 is 0 Å². The highest BCUT2D eigenvalue weighted by Gasteiger charge is 2.43. The molecule has 0 bridgehead atoms. The minimum Gasteiger partial charge on any atom is -0.320 e. The number of nitriles is 1. The molecule has 1 fully saturated rings. The number of benzene rings is 1. The van der Waals surface area contributed by atoms with E-state index in [1.54, 1.807) is 18.2 Å². The number of rotatable bonds is 4. The second kappa shape index (κ2) is 6.80. The van der Waals surface area contributed by atoms with E-state index in [1.807, 2.05) is 11.3 Å². The molecule has 0 spiro atoms. The number of thiophene rings is 1. The van der Waals surface area contributed by atoms with E-state index in [9.17, 15) is 10.1 Å². The van der Waals surface area contributed by atoms with E-state index in [0.717, 1.165) is 13.0 Å². The first-order valence-corrected chi connectivity index (χ1v) is 9.82. The van der Waals surface area contributed by atoms with Gasteiger partial charge in [0, 0.05) is 27.8 Å². The molecule has 4 rings (SSSR count). The van der Waals surface area contributed by atoms with Gasteiger partial charge in [-0.05, 0) is 42.5 Å². The van der Waals surface area contributed by atoms with Crippen molar-refractivity contribution >= 4 is 34.5 Å². The van der Waals surface area contributed by atoms with Crippen molar-refractivity contribution in [2.45, 2.75) is 25.3 Å². The molecule has 0 radical (unpaired) electrons. The normalized spacial score (nSPS) is 22.1. The van der Waals surface area contributed by atoms with Gasteiger partial charge in [-0.15, -0.1) is 11.3 Å². The third-order valence-corrected chi connectivity index (χ3v) is 6.32. The average molecular weight is 373 g/mol. The molecule has 2 N–H and O–H groups in total. The Kier molecular flexibility index (Phi) is 4.51. The van der Waals surface area contributed by atoms with E-state index in [2.05, 4.69) is 22.8 Å². The predicted octanol–water partition coefficient (Wildman–Crippen LogP) is 2.80. The number of fused-ring (bicyclic) bond motifs is 1. The van der Waals surface area contributed by atoms with E-state index in [-0.39, 0.29) is 5.91 Å². The van der Waals surface area contributed by atoms with Crippen LogP contribution in [0.1, 0.15) is 34.9 Å². The van der Waals surface area contributed by atoms with E-state index in [1.165, 1.54) is 28.2 Å². The van der Waals surface area contributed by atoms with E-state index in [0.29, 0.717) is 34.8 Å². The van der Waals surface area contributed by atoms with Gasteiger partial charge in [-0.2, -0.15) is 5.26 Å². The summed E-state index contributed by atoms with van der Waals surface area (Å²) in [5.74, 6) is 0.649. The number of amides is 1. The summed E-state index contributed by atoms with van der Waals surface area (Å²) in [5, 5.41) is 14.8. The predicted molar refractivity (Wildman–Crippen MR) is 99.0 cm³/mol. The summed E-state index contributed by atoms with van der Waals surface area (Å²) in [6.07, 6.45) is 3.56. The van der Waals surface area contributed by atoms with Crippen LogP contribution in [0.5, 0.6) is 0 Å². The highest BCUT2D eigenvalue weighted by molar-refractivity contribution is 7.10. The fourth-order valence-electron chi connectivity index (χ4n) is 3.81. The van der Waals surface area contributed by atoms with Gasteiger partial charge in [0.2, 0.25) is 0 Å². The summed E-state index contributed by atoms with van der Waals surface area (Å²) >= 11 is 7.84. The molecule has 2 aromatic rings. The lowest BCUT2D eigenvalue weighted by atomic mass is 9.96. The van der Waals surface area contributed by atoms with Crippen molar-refractivity contribution in [2.24, 2.45) is 5.92 Å². The molecule has 6 heteroatoms. The summed E-state index contributed by atoms with van der Waals surface area (Å²) in [4.78, 5) is 15.4. The Labute approximate surface area is 156 Å². The minimum absolute atomic E-state index is 0.0573. The third kappa shape index (κ3) is 3.43. The fourth-order valence-corrected chi connectivity index (χ4v) is 4.92. The molecule has 128 valence electrons. The first kappa shape index (κ1) is 16.6. The van der Waals surface area contributed by atoms with Gasteiger partial charge < -0.3 is 10.2 Å². The van der Waals surface area contributed by atoms with E-state index < -0.39 is 0 Å². The minimum atomic E-state index is -0.0573. The van der Waals surface area contributed by atoms with Crippen LogP contribution in [0.15, 0.2) is 29.6 Å². The van der Waals surface area contributed by atoms with Crippen molar-refractivity contribution in [2.75, 3.05) is 18.4 Å². The highest BCUT2D eigenvalue weighted by Crippen LogP contribution is 2.42. The number of carbonyl (C=O) groups is 1. The lowest BCUT2D eigenvalue weighted by molar-refractivity contribution is -0.928. The molecule has 1 unspecified atom stereocenters. The quantitative estimate of drug-likeness (QED) is 0.867. The Balaban J connectivity index is 1.50. The van der Waals surface area contributed by atoms with Crippen LogP contribution in [0.3, 0.4) is 0 Å². The van der Waals surface area contributed by atoms with Crippen LogP contribution in [0.4, 0.5) is 5.69 Å². The molecule has 1 aromatic carbocycles. The summed E-state index contributed by atoms with van der Waals surface area (Å²) in [6.45, 7) is 1.41. The van der Waals surface area contributed by atoms with Crippen molar-refractivity contribution < 1.29 is 9.69 Å². The second-order valence-electron chi connectivity index (χ2n) is 6.80. The summed E-state index contributed by atoms with van der Waals surface area (Å²) in [6, 6.07) is 9.71. The standard InChI is InChI=1S/C19H18ClN3OS/c20-14-4-3-13(10-21)16(9-14)22-18(24)11-23-7-5-17-15(6-8-25-17)19(23)12-1-2-12/h3-4,6,8-9,12,19H,1-2,5,7,11H2,(H,22,24)/p+1/t19-/m1/s1. The fraction of sp³-hybridized carbons (Fsp3) is 0.368. The van der Waals surface area contributed by atoms with Crippen LogP contribution >= 0.6 is 22.9 Å². The summed E-state index contributed by atoms with van der Waals surface area (Å²) in [7, 11) is 0. The molecule has 0 saturated heterocycles. The van der Waals surface area contributed by atoms with Crippen LogP contribution < -0.4 is 10.2 Å². The average Bonchev–Trinajstić information content (AvgIpc) is 3.31. The van der Waals surface area contributed by atoms with Gasteiger partial charge >= 0.3 is 0 Å². The molecule has 25 heavy (non-hydrogen) atoms. The van der Waals surface area contributed by atoms with Gasteiger partial charge in [0.05, 0.1) is 17.8 Å². The zero-order valence-electron chi connectivity index (χ0n) is 13.7. The molecule has 1 aliphatic heterocycles. The Morgan fingerprint density at radius 1 is 1.40 bits per heavy atom. The molecule has 2 heterocycles. The summed E-state index contributed by atoms with van der Waals surface area (Å²) in [5.41, 5.74) is 2.38. The number of hydrogen-bond acceptors (Lipinski definition) is 3. The third-order valence-electron chi connectivity index (χ3n) is 5.09. The van der Waals surface area contributed by atoms with Crippen molar-refractivity contribution in [3.05, 3.63) is 50.7 Å². The first-order chi connectivity index (χ1) is 12.2. The Hall–Kier alpha value is -1.87. The number of nitrogens with one attached hydrogen (secondary N) is 2. The second-order valence-corrected chi connectivity index (χ2v) is 8.24. The van der Waals surface area contributed by atoms with Gasteiger partial charge in [-0.1, -0.05) is 11.6 Å². The van der Waals surface area contributed by atoms with Gasteiger partial charge in [0.15, 0.2) is 6.54 Å². The van der Waals surface area contributed by atoms with Crippen LogP contribution in [0, 0.1) is 17.2 Å². The lowest BCUT2D eigenvalue weighted by Crippen LogP contribution is -3.14. The maximum Gasteiger partial charge on any atom is 0.279 e. The Bertz CT molecular complexity index is 853. The van der Waals surface area contributed by atoms with Crippen LogP contribution in [-0.2, 0) is 11.2 Å². The van der Waals surface area contributed by atoms with Gasteiger partial charge in [-0.25, -0.2) is 0 Å². The molecule has 1 aliphatic carbocycles. The maximum absolute atomic E-state index is 12.6. The number of nitrogens with zero attached hydrogens (tertiary/aromatic N) is 1. The van der Waals surface area contributed by atoms with Crippen LogP contribution in [-0.4, -0.2) is 19.0 Å². The highest BCUT2D eigenvalue weighted by atomic mass is 35.5. The van der Waals surface area contributed by atoms with Crippen molar-refractivity contribution in [1.82, 2.24) is 0 Å². The van der Waals surface area contributed by atoms with Crippen LogP contribution in [0.25, 0.3) is 0 Å². The monoisotopic (exact) mass is 372 g/mol. The Morgan fingerprint density at radius 3 is 3.00 bits per heavy atom. The molecule has 1 amide bonds. The SMILES string of the molecule is N#Cc1ccc(Cl)cc1NC(=O)C[NH+]1CCc2sccc2[C@H]1C1CC1. The van der Waals surface area contributed by atoms with Gasteiger partial charge in [0.1, 0.15) is 12.1 Å². The number of anilines is 1. The lowest BCUT2D eigenvalue weighted by Gasteiger charge is -2.32. The first-order valence-electron chi connectivity index (χ1n) is 8.56. The van der Waals surface area contributed by atoms with Gasteiger partial charge in [-0.3, -0.25) is 4.79 Å². The number of hydrogen-bond donors (Lipinski definition) is 2. The molecule has 4 nitrogen and oxygen atoms in total. The number of carbonyl (C=O) groups excluding carboxylic acids is 1. The van der Waals surface area contributed by atoms with Crippen molar-refractivity contribution in [3.8, 4) is 6.07 Å². The van der Waals surface area contributed by atoms with Crippen molar-refractivity contribution in [1.29, 1.82) is 5.26 Å². The molecule has 2 aliphatic rings. The Morgan fingerprint density at radius 2 is 2.24 bits per heavy atom. The molecular formula is C19H19ClN3OS+. The molecule has 2 atom stereocenters. The molecule has 1 saturated carbocycles. The smallest absolute Gasteiger partial charge is 0.279 e. The van der Waals surface area contributed by atoms with E-state index in [4.69, 9.17) is 11.6 Å². The maximum atomic E-state index is 12.6. The number of quaternary nitrogens is 1. The molecule has 1 aromatic heterocycles. The number of halogens is 1. The summed E-state index contributed by atoms with van der Waals surface area (Å²) < 4.78 is 0. The molecular weight excluding hydrogens is 354 g/mol.